The molecule has 848 valence electrons. The maximum absolute atomic E-state index is 12.0. The molecule has 14 nitrogen and oxygen atoms in total. The van der Waals surface area contributed by atoms with Gasteiger partial charge in [-0.15, -0.1) is 0 Å². The van der Waals surface area contributed by atoms with Crippen molar-refractivity contribution in [2.75, 3.05) is 118 Å². The van der Waals surface area contributed by atoms with Gasteiger partial charge in [0.1, 0.15) is 0 Å². The third-order valence-electron chi connectivity index (χ3n) is 31.6. The Bertz CT molecular complexity index is 1870. The van der Waals surface area contributed by atoms with Crippen molar-refractivity contribution >= 4 is 0 Å². The summed E-state index contributed by atoms with van der Waals surface area (Å²) >= 11 is 0. The van der Waals surface area contributed by atoms with Crippen molar-refractivity contribution in [1.29, 1.82) is 0 Å². The lowest BCUT2D eigenvalue weighted by Crippen LogP contribution is -2.42. The molecule has 141 heavy (non-hydrogen) atoms. The van der Waals surface area contributed by atoms with Gasteiger partial charge in [-0.3, -0.25) is 19.6 Å². The van der Waals surface area contributed by atoms with Gasteiger partial charge >= 0.3 is 0 Å². The molecule has 0 rings (SSSR count). The fourth-order valence-corrected chi connectivity index (χ4v) is 22.3. The van der Waals surface area contributed by atoms with Crippen molar-refractivity contribution < 1.29 is 40.9 Å². The van der Waals surface area contributed by atoms with Crippen LogP contribution < -0.4 is 0 Å². The van der Waals surface area contributed by atoms with Gasteiger partial charge in [-0.05, 0) is 149 Å². The Morgan fingerprint density at radius 3 is 0.270 bits per heavy atom. The average Bonchev–Trinajstić information content (AvgIpc) is 0.953. The van der Waals surface area contributed by atoms with Crippen molar-refractivity contribution in [1.82, 2.24) is 29.4 Å². The van der Waals surface area contributed by atoms with E-state index in [2.05, 4.69) is 84.8 Å². The largest absolute Gasteiger partial charge is 0.392 e. The van der Waals surface area contributed by atoms with Crippen LogP contribution >= 0.6 is 0 Å². The first-order valence-electron chi connectivity index (χ1n) is 64.9. The van der Waals surface area contributed by atoms with Crippen molar-refractivity contribution in [3.05, 3.63) is 0 Å². The van der Waals surface area contributed by atoms with Crippen LogP contribution in [0.2, 0.25) is 0 Å². The topological polar surface area (TPSA) is 181 Å². The predicted octanol–water partition coefficient (Wildman–Crippen LogP) is 34.1. The van der Waals surface area contributed by atoms with Gasteiger partial charge < -0.3 is 50.7 Å². The second kappa shape index (κ2) is 115. The standard InChI is InChI=1S/C127H262N6O8/c1-9-17-25-33-41-49-57-65-73-81-94-120(134)112-130(113-121(135)95-82-74-66-58-50-42-34-26-18-10-2)108-90-104-128(105-91-109-131(114-122(136)96-83-75-67-59-51-43-35-27-19-11-3)115-123(137)97-84-76-68-60-52-44-36-28-20-12-4)102-89-103-129(106-92-110-132(116-124(138)98-85-77-69-61-53-45-37-29-21-13-5)117-125(139)99-86-78-70-62-54-46-38-30-22-14-6)107-93-111-133(118-126(140)100-87-79-71-63-55-47-39-31-23-15-7)119-127(141)101-88-80-72-64-56-48-40-32-24-16-8/h120-127,134-141H,9-119H2,1-8H3. The van der Waals surface area contributed by atoms with Crippen LogP contribution in [0.5, 0.6) is 0 Å². The lowest BCUT2D eigenvalue weighted by Gasteiger charge is -2.32. The van der Waals surface area contributed by atoms with E-state index in [0.717, 1.165) is 200 Å². The molecular formula is C127H262N6O8. The Labute approximate surface area is 884 Å². The van der Waals surface area contributed by atoms with Gasteiger partial charge in [0, 0.05) is 52.4 Å². The molecule has 0 saturated carbocycles. The second-order valence-corrected chi connectivity index (χ2v) is 46.5. The van der Waals surface area contributed by atoms with E-state index in [0.29, 0.717) is 52.4 Å². The molecule has 0 aromatic rings. The molecule has 0 radical (unpaired) electrons. The molecule has 0 amide bonds. The lowest BCUT2D eigenvalue weighted by atomic mass is 10.0. The Kier molecular flexibility index (Phi) is 115. The molecule has 0 aliphatic heterocycles. The van der Waals surface area contributed by atoms with Crippen LogP contribution in [-0.2, 0) is 0 Å². The minimum atomic E-state index is -0.422. The normalized spacial score (nSPS) is 14.0. The van der Waals surface area contributed by atoms with Crippen molar-refractivity contribution in [2.24, 2.45) is 0 Å². The first-order valence-corrected chi connectivity index (χ1v) is 64.9. The van der Waals surface area contributed by atoms with Crippen LogP contribution in [-0.4, -0.2) is 237 Å². The van der Waals surface area contributed by atoms with E-state index in [1.54, 1.807) is 0 Å². The highest BCUT2D eigenvalue weighted by Gasteiger charge is 2.24. The number of rotatable bonds is 124. The number of hydrogen-bond acceptors (Lipinski definition) is 14. The molecule has 0 saturated heterocycles. The maximum atomic E-state index is 12.0. The van der Waals surface area contributed by atoms with Gasteiger partial charge in [0.25, 0.3) is 0 Å². The summed E-state index contributed by atoms with van der Waals surface area (Å²) in [6.45, 7) is 32.0. The lowest BCUT2D eigenvalue weighted by molar-refractivity contribution is 0.0557. The number of unbranched alkanes of at least 4 members (excludes halogenated alkanes) is 72. The molecular weight excluding hydrogens is 1740 g/mol. The van der Waals surface area contributed by atoms with Gasteiger partial charge in [-0.1, -0.05) is 569 Å². The quantitative estimate of drug-likeness (QED) is 0.0269. The molecule has 0 aromatic heterocycles. The van der Waals surface area contributed by atoms with Crippen molar-refractivity contribution in [3.8, 4) is 0 Å². The van der Waals surface area contributed by atoms with E-state index in [-0.39, 0.29) is 0 Å². The van der Waals surface area contributed by atoms with Crippen LogP contribution in [0, 0.1) is 0 Å². The first kappa shape index (κ1) is 140. The summed E-state index contributed by atoms with van der Waals surface area (Å²) in [6, 6.07) is 0. The molecule has 8 N–H and O–H groups in total. The fraction of sp³-hybridized carbons (Fsp3) is 1.00. The monoisotopic (exact) mass is 2000 g/mol. The van der Waals surface area contributed by atoms with E-state index < -0.39 is 48.8 Å². The van der Waals surface area contributed by atoms with Gasteiger partial charge in [0.15, 0.2) is 0 Å². The number of aliphatic hydroxyl groups excluding tert-OH is 8. The first-order chi connectivity index (χ1) is 69.2. The number of hydrogen-bond donors (Lipinski definition) is 8. The molecule has 0 bridgehead atoms. The Morgan fingerprint density at radius 1 is 0.0993 bits per heavy atom. The molecule has 0 aromatic carbocycles. The maximum Gasteiger partial charge on any atom is 0.0667 e. The molecule has 0 heterocycles. The summed E-state index contributed by atoms with van der Waals surface area (Å²) in [6.07, 6.45) is 110. The van der Waals surface area contributed by atoms with Crippen molar-refractivity contribution in [2.45, 2.75) is 701 Å². The SMILES string of the molecule is CCCCCCCCCCCCC(O)CN(CCCN(CCCN(CCCN(CC(O)CCCCCCCCCCCC)CC(O)CCCCCCCCCCCC)CCCN(CC(O)CCCCCCCCCCCC)CC(O)CCCCCCCCCCCC)CCCN(CC(O)CCCCCCCCCCCC)CC(O)CCCCCCCCCCCC)CC(O)CCCCCCCCCCCC. The minimum Gasteiger partial charge on any atom is -0.392 e. The zero-order chi connectivity index (χ0) is 103. The van der Waals surface area contributed by atoms with Gasteiger partial charge in [-0.25, -0.2) is 0 Å². The van der Waals surface area contributed by atoms with Crippen LogP contribution in [0.3, 0.4) is 0 Å². The molecule has 0 aliphatic rings. The van der Waals surface area contributed by atoms with Crippen LogP contribution in [0.25, 0.3) is 0 Å². The third kappa shape index (κ3) is 106. The highest BCUT2D eigenvalue weighted by atomic mass is 16.3. The fourth-order valence-electron chi connectivity index (χ4n) is 22.3. The summed E-state index contributed by atoms with van der Waals surface area (Å²) in [5.74, 6) is 0. The van der Waals surface area contributed by atoms with E-state index in [4.69, 9.17) is 0 Å². The van der Waals surface area contributed by atoms with Gasteiger partial charge in [0.05, 0.1) is 48.8 Å². The Hall–Kier alpha value is -0.560. The smallest absolute Gasteiger partial charge is 0.0667 e. The van der Waals surface area contributed by atoms with Gasteiger partial charge in [-0.2, -0.15) is 0 Å². The highest BCUT2D eigenvalue weighted by molar-refractivity contribution is 4.79. The number of nitrogens with zero attached hydrogens (tertiary/aromatic N) is 6. The van der Waals surface area contributed by atoms with Gasteiger partial charge in [0.2, 0.25) is 0 Å². The molecule has 8 atom stereocenters. The van der Waals surface area contributed by atoms with Crippen LogP contribution in [0.15, 0.2) is 0 Å². The number of aliphatic hydroxyl groups is 8. The summed E-state index contributed by atoms with van der Waals surface area (Å²) in [7, 11) is 0. The van der Waals surface area contributed by atoms with Crippen LogP contribution in [0.4, 0.5) is 0 Å². The molecule has 8 unspecified atom stereocenters. The van der Waals surface area contributed by atoms with E-state index in [1.807, 2.05) is 0 Å². The Balaban J connectivity index is 7.83. The highest BCUT2D eigenvalue weighted by Crippen LogP contribution is 2.25. The predicted molar refractivity (Wildman–Crippen MR) is 621 cm³/mol. The zero-order valence-electron chi connectivity index (χ0n) is 97.4. The summed E-state index contributed by atoms with van der Waals surface area (Å²) in [4.78, 5) is 15.2. The summed E-state index contributed by atoms with van der Waals surface area (Å²) < 4.78 is 0. The summed E-state index contributed by atoms with van der Waals surface area (Å²) in [5.41, 5.74) is 0. The Morgan fingerprint density at radius 2 is 0.177 bits per heavy atom. The van der Waals surface area contributed by atoms with E-state index in [9.17, 15) is 40.9 Å². The van der Waals surface area contributed by atoms with E-state index in [1.165, 1.54) is 462 Å². The second-order valence-electron chi connectivity index (χ2n) is 46.5. The summed E-state index contributed by atoms with van der Waals surface area (Å²) in [5, 5.41) is 95.8. The minimum absolute atomic E-state index is 0.422. The molecule has 0 aliphatic carbocycles. The average molecular weight is 2000 g/mol. The van der Waals surface area contributed by atoms with E-state index >= 15 is 0 Å². The zero-order valence-corrected chi connectivity index (χ0v) is 97.4. The van der Waals surface area contributed by atoms with Crippen LogP contribution in [0.1, 0.15) is 653 Å². The molecule has 0 fully saturated rings. The third-order valence-corrected chi connectivity index (χ3v) is 31.6. The van der Waals surface area contributed by atoms with Crippen molar-refractivity contribution in [3.63, 3.8) is 0 Å². The molecule has 14 heteroatoms. The molecule has 0 spiro atoms.